The molecule has 3 fully saturated rings. The fraction of sp³-hybridized carbons (Fsp3) is 0.649. The Hall–Kier alpha value is -2.01. The Kier molecular flexibility index (Phi) is 22.6. The highest BCUT2D eigenvalue weighted by Gasteiger charge is 2.45. The summed E-state index contributed by atoms with van der Waals surface area (Å²) in [5.41, 5.74) is 5.14. The molecule has 0 aromatic carbocycles. The number of hydrogen-bond donors (Lipinski definition) is 2. The van der Waals surface area contributed by atoms with Gasteiger partial charge in [-0.15, -0.1) is 13.2 Å². The first-order valence-corrected chi connectivity index (χ1v) is 15.9. The molecule has 4 aliphatic rings. The summed E-state index contributed by atoms with van der Waals surface area (Å²) in [5.74, 6) is 0.527. The van der Waals surface area contributed by atoms with Crippen molar-refractivity contribution in [3.8, 4) is 0 Å². The van der Waals surface area contributed by atoms with Gasteiger partial charge in [-0.3, -0.25) is 0 Å². The minimum absolute atomic E-state index is 0.125. The maximum atomic E-state index is 10.1. The van der Waals surface area contributed by atoms with Crippen LogP contribution in [0.15, 0.2) is 72.4 Å². The molecule has 3 aliphatic carbocycles. The van der Waals surface area contributed by atoms with E-state index in [1.807, 2.05) is 34.5 Å². The molecule has 4 heteroatoms. The Morgan fingerprint density at radius 3 is 2.12 bits per heavy atom. The van der Waals surface area contributed by atoms with Gasteiger partial charge in [0.15, 0.2) is 0 Å². The van der Waals surface area contributed by atoms with E-state index in [0.717, 1.165) is 50.7 Å². The van der Waals surface area contributed by atoms with Crippen LogP contribution in [0.4, 0.5) is 0 Å². The van der Waals surface area contributed by atoms with Gasteiger partial charge >= 0.3 is 0 Å². The van der Waals surface area contributed by atoms with Crippen molar-refractivity contribution in [2.45, 2.75) is 137 Å². The van der Waals surface area contributed by atoms with Crippen molar-refractivity contribution in [1.29, 1.82) is 0 Å². The largest absolute Gasteiger partial charge is 0.389 e. The Morgan fingerprint density at radius 1 is 1.10 bits per heavy atom. The molecule has 1 heterocycles. The highest BCUT2D eigenvalue weighted by molar-refractivity contribution is 5.39. The van der Waals surface area contributed by atoms with Gasteiger partial charge in [-0.1, -0.05) is 96.9 Å². The van der Waals surface area contributed by atoms with Crippen molar-refractivity contribution < 1.29 is 19.7 Å². The Morgan fingerprint density at radius 2 is 1.68 bits per heavy atom. The second kappa shape index (κ2) is 22.6. The van der Waals surface area contributed by atoms with Gasteiger partial charge in [0.2, 0.25) is 0 Å². The zero-order chi connectivity index (χ0) is 32.1. The Bertz CT molecular complexity index is 839. The summed E-state index contributed by atoms with van der Waals surface area (Å²) in [6.45, 7) is 29.7. The van der Waals surface area contributed by atoms with Crippen molar-refractivity contribution in [1.82, 2.24) is 0 Å². The molecule has 0 aromatic rings. The summed E-state index contributed by atoms with van der Waals surface area (Å²) < 4.78 is 5.20. The molecule has 2 N–H and O–H groups in total. The molecule has 1 saturated heterocycles. The Balaban J connectivity index is 0. The lowest BCUT2D eigenvalue weighted by Crippen LogP contribution is -2.33. The summed E-state index contributed by atoms with van der Waals surface area (Å²) >= 11 is 0. The summed E-state index contributed by atoms with van der Waals surface area (Å²) in [5, 5.41) is 20.1. The van der Waals surface area contributed by atoms with E-state index in [-0.39, 0.29) is 23.2 Å². The van der Waals surface area contributed by atoms with Gasteiger partial charge in [-0.2, -0.15) is 0 Å². The number of allylic oxidation sites excluding steroid dienone is 5. The molecule has 0 aromatic heterocycles. The number of fused-ring (bicyclic) bond motifs is 1. The zero-order valence-corrected chi connectivity index (χ0v) is 27.9. The van der Waals surface area contributed by atoms with Crippen LogP contribution >= 0.6 is 0 Å². The summed E-state index contributed by atoms with van der Waals surface area (Å²) in [6, 6.07) is 0. The van der Waals surface area contributed by atoms with E-state index in [1.54, 1.807) is 0 Å². The number of rotatable bonds is 5. The maximum absolute atomic E-state index is 10.1. The van der Waals surface area contributed by atoms with E-state index in [9.17, 15) is 10.2 Å². The fourth-order valence-corrected chi connectivity index (χ4v) is 5.75. The quantitative estimate of drug-likeness (QED) is 0.254. The second-order valence-corrected chi connectivity index (χ2v) is 11.0. The van der Waals surface area contributed by atoms with Gasteiger partial charge in [0.1, 0.15) is 12.4 Å². The first kappa shape index (κ1) is 41.1. The van der Waals surface area contributed by atoms with Crippen LogP contribution in [0.5, 0.6) is 0 Å². The molecule has 5 atom stereocenters. The van der Waals surface area contributed by atoms with Crippen molar-refractivity contribution in [2.75, 3.05) is 6.61 Å². The average molecular weight is 573 g/mol. The molecule has 236 valence electrons. The molecular weight excluding hydrogens is 508 g/mol. The number of aliphatic hydroxyl groups is 2. The zero-order valence-electron chi connectivity index (χ0n) is 27.9. The number of carbonyl (C=O) groups excluding carboxylic acids is 1. The Labute approximate surface area is 254 Å². The van der Waals surface area contributed by atoms with Gasteiger partial charge in [0.05, 0.1) is 18.8 Å². The number of carbonyl (C=O) groups is 1. The SMILES string of the molecule is C/C=C/C1(CC)CO1.C=C.C=C1/C(=C\C=C2/CCC[C@]3(C)C(C(C)O)=CCC23)CCC[C@@H]1O.C=O.CC.CCCC. The summed E-state index contributed by atoms with van der Waals surface area (Å²) in [6.07, 6.45) is 21.5. The molecule has 2 saturated carbocycles. The highest BCUT2D eigenvalue weighted by Crippen LogP contribution is 2.55. The molecule has 41 heavy (non-hydrogen) atoms. The monoisotopic (exact) mass is 572 g/mol. The van der Waals surface area contributed by atoms with E-state index < -0.39 is 0 Å². The third-order valence-corrected chi connectivity index (χ3v) is 8.38. The predicted octanol–water partition coefficient (Wildman–Crippen LogP) is 9.65. The molecule has 0 bridgehead atoms. The average Bonchev–Trinajstić information content (AvgIpc) is 3.69. The molecule has 4 rings (SSSR count). The van der Waals surface area contributed by atoms with Crippen LogP contribution < -0.4 is 0 Å². The lowest BCUT2D eigenvalue weighted by atomic mass is 9.63. The van der Waals surface area contributed by atoms with Crippen LogP contribution in [0, 0.1) is 11.3 Å². The number of ether oxygens (including phenoxy) is 1. The minimum Gasteiger partial charge on any atom is -0.389 e. The topological polar surface area (TPSA) is 70.1 Å². The molecule has 0 radical (unpaired) electrons. The van der Waals surface area contributed by atoms with Gasteiger partial charge in [-0.25, -0.2) is 0 Å². The second-order valence-electron chi connectivity index (χ2n) is 11.0. The van der Waals surface area contributed by atoms with Crippen LogP contribution in [0.25, 0.3) is 0 Å². The van der Waals surface area contributed by atoms with E-state index in [4.69, 9.17) is 9.53 Å². The standard InChI is InChI=1S/C21H30O2.C7H12O.C4H10.C2H6.C2H4.CH2O/c1-14-16(6-4-8-20(14)23)9-10-17-7-5-13-21(3)18(15(2)22)11-12-19(17)21;1-3-5-7(4-2)6-8-7;1-3-4-2;3*1-2/h9-11,15,19-20,22-23H,1,4-8,12-13H2,2-3H3;3,5H,4,6H2,1-2H3;3-4H2,1-2H3;1-2H3;1-2H2;1H2/b16-9-,17-10+;5-3+;;;;/t15?,19?,20-,21+;;;;;/m0...../s1. The normalized spacial score (nSPS) is 30.3. The number of unbranched alkanes of at least 4 members (excludes halogenated alkanes) is 1. The summed E-state index contributed by atoms with van der Waals surface area (Å²) in [4.78, 5) is 8.00. The van der Waals surface area contributed by atoms with E-state index >= 15 is 0 Å². The lowest BCUT2D eigenvalue weighted by molar-refractivity contribution is -0.0980. The number of epoxide rings is 1. The predicted molar refractivity (Wildman–Crippen MR) is 179 cm³/mol. The minimum atomic E-state index is -0.361. The molecule has 0 spiro atoms. The van der Waals surface area contributed by atoms with Gasteiger partial charge < -0.3 is 19.7 Å². The van der Waals surface area contributed by atoms with Crippen molar-refractivity contribution in [3.05, 3.63) is 72.4 Å². The number of hydrogen-bond acceptors (Lipinski definition) is 4. The molecule has 4 nitrogen and oxygen atoms in total. The first-order valence-electron chi connectivity index (χ1n) is 15.9. The third kappa shape index (κ3) is 12.8. The van der Waals surface area contributed by atoms with Crippen molar-refractivity contribution in [3.63, 3.8) is 0 Å². The van der Waals surface area contributed by atoms with Crippen LogP contribution in [-0.2, 0) is 9.53 Å². The van der Waals surface area contributed by atoms with Crippen LogP contribution in [0.2, 0.25) is 0 Å². The van der Waals surface area contributed by atoms with Crippen molar-refractivity contribution >= 4 is 6.79 Å². The van der Waals surface area contributed by atoms with Crippen LogP contribution in [0.3, 0.4) is 0 Å². The van der Waals surface area contributed by atoms with E-state index in [0.29, 0.717) is 5.92 Å². The smallest absolute Gasteiger partial charge is 0.109 e. The first-order chi connectivity index (χ1) is 19.7. The fourth-order valence-electron chi connectivity index (χ4n) is 5.75. The molecule has 1 aliphatic heterocycles. The highest BCUT2D eigenvalue weighted by atomic mass is 16.6. The third-order valence-electron chi connectivity index (χ3n) is 8.38. The van der Waals surface area contributed by atoms with E-state index in [1.165, 1.54) is 42.4 Å². The molecule has 3 unspecified atom stereocenters. The number of aliphatic hydroxyl groups excluding tert-OH is 2. The molecule has 0 amide bonds. The maximum Gasteiger partial charge on any atom is 0.109 e. The van der Waals surface area contributed by atoms with Crippen molar-refractivity contribution in [2.24, 2.45) is 11.3 Å². The summed E-state index contributed by atoms with van der Waals surface area (Å²) in [7, 11) is 0. The van der Waals surface area contributed by atoms with Gasteiger partial charge in [0, 0.05) is 0 Å². The lowest BCUT2D eigenvalue weighted by Gasteiger charge is -2.41. The van der Waals surface area contributed by atoms with Crippen LogP contribution in [-0.4, -0.2) is 41.4 Å². The van der Waals surface area contributed by atoms with Crippen LogP contribution in [0.1, 0.15) is 120 Å². The van der Waals surface area contributed by atoms with Gasteiger partial charge in [0.25, 0.3) is 0 Å². The van der Waals surface area contributed by atoms with Gasteiger partial charge in [-0.05, 0) is 93.3 Å². The van der Waals surface area contributed by atoms with E-state index in [2.05, 4.69) is 77.8 Å². The molecular formula is C37H64O4.